The normalized spacial score (nSPS) is 16.7. The van der Waals surface area contributed by atoms with Crippen molar-refractivity contribution in [2.45, 2.75) is 23.8 Å². The Bertz CT molecular complexity index is 570. The largest absolute Gasteiger partial charge is 0.314 e. The van der Waals surface area contributed by atoms with Crippen molar-refractivity contribution in [3.63, 3.8) is 0 Å². The minimum absolute atomic E-state index is 0. The highest BCUT2D eigenvalue weighted by Crippen LogP contribution is 2.27. The van der Waals surface area contributed by atoms with Crippen molar-refractivity contribution in [1.82, 2.24) is 10.2 Å². The lowest BCUT2D eigenvalue weighted by Crippen LogP contribution is -2.45. The predicted octanol–water partition coefficient (Wildman–Crippen LogP) is 2.85. The Balaban J connectivity index is 0.00000242. The molecule has 1 aliphatic rings. The molecule has 0 amide bonds. The van der Waals surface area contributed by atoms with Gasteiger partial charge in [-0.2, -0.15) is 0 Å². The van der Waals surface area contributed by atoms with Gasteiger partial charge in [-0.15, -0.1) is 31.4 Å². The maximum Gasteiger partial charge on any atom is 0.175 e. The Morgan fingerprint density at radius 1 is 1.22 bits per heavy atom. The van der Waals surface area contributed by atoms with E-state index in [4.69, 9.17) is 0 Å². The predicted molar refractivity (Wildman–Crippen MR) is 101 cm³/mol. The molecular weight excluding hydrogens is 355 g/mol. The quantitative estimate of drug-likeness (QED) is 0.770. The van der Waals surface area contributed by atoms with E-state index in [0.29, 0.717) is 10.9 Å². The van der Waals surface area contributed by atoms with Crippen molar-refractivity contribution in [2.75, 3.05) is 32.4 Å². The smallest absolute Gasteiger partial charge is 0.175 e. The molecule has 2 rings (SSSR count). The van der Waals surface area contributed by atoms with Gasteiger partial charge in [-0.1, -0.05) is 18.2 Å². The zero-order valence-corrected chi connectivity index (χ0v) is 15.9. The van der Waals surface area contributed by atoms with Crippen LogP contribution < -0.4 is 5.32 Å². The number of rotatable bonds is 6. The molecule has 0 saturated carbocycles. The Morgan fingerprint density at radius 3 is 2.26 bits per heavy atom. The maximum atomic E-state index is 11.6. The molecule has 0 radical (unpaired) electrons. The number of benzene rings is 1. The number of piperazine rings is 1. The summed E-state index contributed by atoms with van der Waals surface area (Å²) in [6, 6.07) is 7.67. The van der Waals surface area contributed by atoms with Gasteiger partial charge in [0.25, 0.3) is 0 Å². The van der Waals surface area contributed by atoms with Crippen LogP contribution in [0.25, 0.3) is 0 Å². The molecule has 1 fully saturated rings. The number of nitrogens with one attached hydrogen (secondary N) is 1. The monoisotopic (exact) mass is 380 g/mol. The van der Waals surface area contributed by atoms with Crippen LogP contribution in [0.2, 0.25) is 0 Å². The third kappa shape index (κ3) is 6.43. The van der Waals surface area contributed by atoms with E-state index in [1.807, 2.05) is 18.2 Å². The summed E-state index contributed by atoms with van der Waals surface area (Å²) >= 11 is 0. The van der Waals surface area contributed by atoms with Crippen LogP contribution in [0.5, 0.6) is 0 Å². The van der Waals surface area contributed by atoms with E-state index in [-0.39, 0.29) is 24.8 Å². The molecule has 1 saturated heterocycles. The van der Waals surface area contributed by atoms with Gasteiger partial charge in [0.05, 0.1) is 4.90 Å². The van der Waals surface area contributed by atoms with Crippen LogP contribution >= 0.6 is 24.8 Å². The summed E-state index contributed by atoms with van der Waals surface area (Å²) in [7, 11) is -3.13. The molecule has 7 heteroatoms. The molecule has 4 nitrogen and oxygen atoms in total. The van der Waals surface area contributed by atoms with Gasteiger partial charge in [0.15, 0.2) is 9.84 Å². The number of sulfone groups is 1. The molecule has 1 aromatic rings. The molecule has 0 spiro atoms. The molecule has 0 unspecified atom stereocenters. The van der Waals surface area contributed by atoms with Gasteiger partial charge in [0.1, 0.15) is 0 Å². The molecule has 132 valence electrons. The van der Waals surface area contributed by atoms with E-state index < -0.39 is 9.84 Å². The summed E-state index contributed by atoms with van der Waals surface area (Å²) in [4.78, 5) is 2.85. The first-order valence-corrected chi connectivity index (χ1v) is 9.27. The van der Waals surface area contributed by atoms with E-state index in [9.17, 15) is 8.42 Å². The zero-order valence-electron chi connectivity index (χ0n) is 13.4. The average Bonchev–Trinajstić information content (AvgIpc) is 2.48. The van der Waals surface area contributed by atoms with Crippen LogP contribution in [0.3, 0.4) is 0 Å². The standard InChI is InChI=1S/C16H24N2O2S.2ClH/c1-3-4-5-16(18-12-10-17-11-13-18)14-6-8-15(9-7-14)21(2,19)20;;/h3,6-9,16-17H,1,4-5,10-13H2,2H3;2*1H/t16-;;/m1../s1. The lowest BCUT2D eigenvalue weighted by molar-refractivity contribution is 0.166. The fraction of sp³-hybridized carbons (Fsp3) is 0.500. The van der Waals surface area contributed by atoms with Crippen molar-refractivity contribution in [3.8, 4) is 0 Å². The van der Waals surface area contributed by atoms with E-state index in [1.54, 1.807) is 12.1 Å². The van der Waals surface area contributed by atoms with Crippen molar-refractivity contribution >= 4 is 34.7 Å². The van der Waals surface area contributed by atoms with Gasteiger partial charge in [-0.25, -0.2) is 8.42 Å². The molecule has 0 aromatic heterocycles. The Kier molecular flexibility index (Phi) is 10.0. The Labute approximate surface area is 152 Å². The van der Waals surface area contributed by atoms with Crippen molar-refractivity contribution in [2.24, 2.45) is 0 Å². The summed E-state index contributed by atoms with van der Waals surface area (Å²) in [5, 5.41) is 3.37. The van der Waals surface area contributed by atoms with Crippen LogP contribution in [0, 0.1) is 0 Å². The van der Waals surface area contributed by atoms with Crippen molar-refractivity contribution in [3.05, 3.63) is 42.5 Å². The molecule has 1 aromatic carbocycles. The number of hydrogen-bond donors (Lipinski definition) is 1. The summed E-state index contributed by atoms with van der Waals surface area (Å²) < 4.78 is 23.1. The number of hydrogen-bond acceptors (Lipinski definition) is 4. The molecule has 23 heavy (non-hydrogen) atoms. The van der Waals surface area contributed by atoms with Crippen LogP contribution in [-0.4, -0.2) is 45.8 Å². The number of allylic oxidation sites excluding steroid dienone is 1. The lowest BCUT2D eigenvalue weighted by atomic mass is 9.99. The minimum atomic E-state index is -3.13. The fourth-order valence-electron chi connectivity index (χ4n) is 2.77. The number of nitrogens with zero attached hydrogens (tertiary/aromatic N) is 1. The van der Waals surface area contributed by atoms with Gasteiger partial charge in [0.2, 0.25) is 0 Å². The Morgan fingerprint density at radius 2 is 1.78 bits per heavy atom. The summed E-state index contributed by atoms with van der Waals surface area (Å²) in [6.45, 7) is 7.87. The topological polar surface area (TPSA) is 49.4 Å². The average molecular weight is 381 g/mol. The second kappa shape index (κ2) is 10.3. The Hall–Kier alpha value is -0.590. The zero-order chi connectivity index (χ0) is 15.3. The van der Waals surface area contributed by atoms with Gasteiger partial charge in [0, 0.05) is 38.5 Å². The van der Waals surface area contributed by atoms with Gasteiger partial charge in [-0.05, 0) is 30.5 Å². The molecule has 1 heterocycles. The first-order chi connectivity index (χ1) is 10.0. The molecule has 0 aliphatic carbocycles. The summed E-state index contributed by atoms with van der Waals surface area (Å²) in [6.07, 6.45) is 5.16. The first kappa shape index (κ1) is 22.4. The van der Waals surface area contributed by atoms with E-state index >= 15 is 0 Å². The van der Waals surface area contributed by atoms with Crippen molar-refractivity contribution in [1.29, 1.82) is 0 Å². The van der Waals surface area contributed by atoms with Gasteiger partial charge in [-0.3, -0.25) is 4.90 Å². The molecule has 1 atom stereocenters. The highest BCUT2D eigenvalue weighted by atomic mass is 35.5. The van der Waals surface area contributed by atoms with E-state index in [1.165, 1.54) is 11.8 Å². The second-order valence-electron chi connectivity index (χ2n) is 5.51. The highest BCUT2D eigenvalue weighted by Gasteiger charge is 2.21. The van der Waals surface area contributed by atoms with Gasteiger partial charge >= 0.3 is 0 Å². The minimum Gasteiger partial charge on any atom is -0.314 e. The third-order valence-corrected chi connectivity index (χ3v) is 5.06. The van der Waals surface area contributed by atoms with E-state index in [2.05, 4.69) is 16.8 Å². The van der Waals surface area contributed by atoms with Crippen LogP contribution in [0.1, 0.15) is 24.4 Å². The SMILES string of the molecule is C=CCC[C@H](c1ccc(S(C)(=O)=O)cc1)N1CCNCC1.Cl.Cl. The fourth-order valence-corrected chi connectivity index (χ4v) is 3.40. The van der Waals surface area contributed by atoms with Crippen LogP contribution in [0.4, 0.5) is 0 Å². The maximum absolute atomic E-state index is 11.6. The van der Waals surface area contributed by atoms with Crippen LogP contribution in [-0.2, 0) is 9.84 Å². The lowest BCUT2D eigenvalue weighted by Gasteiger charge is -2.35. The van der Waals surface area contributed by atoms with Crippen molar-refractivity contribution < 1.29 is 8.42 Å². The number of halogens is 2. The second-order valence-corrected chi connectivity index (χ2v) is 7.52. The molecule has 1 N–H and O–H groups in total. The highest BCUT2D eigenvalue weighted by molar-refractivity contribution is 7.90. The molecule has 0 bridgehead atoms. The summed E-state index contributed by atoms with van der Waals surface area (Å²) in [5.74, 6) is 0. The van der Waals surface area contributed by atoms with Gasteiger partial charge < -0.3 is 5.32 Å². The van der Waals surface area contributed by atoms with Crippen LogP contribution in [0.15, 0.2) is 41.8 Å². The first-order valence-electron chi connectivity index (χ1n) is 7.38. The third-order valence-electron chi connectivity index (χ3n) is 3.93. The van der Waals surface area contributed by atoms with E-state index in [0.717, 1.165) is 39.0 Å². The molecular formula is C16H26Cl2N2O2S. The summed E-state index contributed by atoms with van der Waals surface area (Å²) in [5.41, 5.74) is 1.19. The molecule has 1 aliphatic heterocycles.